The number of carbonyl (C=O) groups is 3. The van der Waals surface area contributed by atoms with Gasteiger partial charge in [0.15, 0.2) is 0 Å². The first-order valence-corrected chi connectivity index (χ1v) is 21.1. The van der Waals surface area contributed by atoms with Gasteiger partial charge in [-0.25, -0.2) is 19.2 Å². The first-order chi connectivity index (χ1) is 29.8. The summed E-state index contributed by atoms with van der Waals surface area (Å²) in [6, 6.07) is 30.2. The van der Waals surface area contributed by atoms with Gasteiger partial charge in [-0.1, -0.05) is 105 Å². The van der Waals surface area contributed by atoms with Crippen molar-refractivity contribution in [2.45, 2.75) is 63.7 Å². The highest BCUT2D eigenvalue weighted by Crippen LogP contribution is 2.37. The Balaban J connectivity index is 0.950. The van der Waals surface area contributed by atoms with Crippen LogP contribution in [0.3, 0.4) is 0 Å². The van der Waals surface area contributed by atoms with Gasteiger partial charge in [0.25, 0.3) is 5.91 Å². The Labute approximate surface area is 355 Å². The maximum atomic E-state index is 15.9. The molecule has 3 amide bonds. The third-order valence-corrected chi connectivity index (χ3v) is 12.0. The molecule has 2 saturated heterocycles. The van der Waals surface area contributed by atoms with Crippen molar-refractivity contribution in [3.05, 3.63) is 144 Å². The van der Waals surface area contributed by atoms with Gasteiger partial charge < -0.3 is 29.8 Å². The highest BCUT2D eigenvalue weighted by Gasteiger charge is 2.39. The summed E-state index contributed by atoms with van der Waals surface area (Å²) in [4.78, 5) is 62.4. The molecule has 4 heterocycles. The number of benzene rings is 4. The molecular weight excluding hydrogens is 772 g/mol. The van der Waals surface area contributed by atoms with E-state index in [0.717, 1.165) is 66.7 Å². The molecule has 2 fully saturated rings. The summed E-state index contributed by atoms with van der Waals surface area (Å²) in [6.45, 7) is 6.82. The number of amides is 3. The molecule has 8 rings (SSSR count). The molecule has 6 aromatic rings. The number of ether oxygens (including phenoxy) is 1. The van der Waals surface area contributed by atoms with E-state index in [1.165, 1.54) is 13.2 Å². The summed E-state index contributed by atoms with van der Waals surface area (Å²) < 4.78 is 20.7. The van der Waals surface area contributed by atoms with Gasteiger partial charge in [-0.05, 0) is 78.7 Å². The molecule has 0 spiro atoms. The minimum Gasteiger partial charge on any atom is -0.453 e. The van der Waals surface area contributed by atoms with Gasteiger partial charge >= 0.3 is 6.09 Å². The van der Waals surface area contributed by atoms with E-state index in [-0.39, 0.29) is 35.8 Å². The fourth-order valence-electron chi connectivity index (χ4n) is 8.85. The standard InChI is InChI=1S/C48H51FN8O4/c1-4-55(5-2)43(34-16-10-7-11-17-34)47(59)57-27-13-19-41(57)45-51-30-39(53-45)36-25-24-35(28-37(36)49)31-20-22-32(23-21-31)38-29-50-44(52-38)40-18-12-26-56(40)46(58)42(54-48(60)61-3)33-14-8-6-9-15-33/h6-11,14-17,20-25,28-30,40-43H,4-5,12-13,18-19,26-27H2,1-3H3,(H,50,52)(H,51,53)(H,54,60)/t40-,41-,42+,43+/m0/s1. The number of likely N-dealkylation sites (tertiary alicyclic amines) is 2. The van der Waals surface area contributed by atoms with E-state index < -0.39 is 12.1 Å². The zero-order chi connectivity index (χ0) is 42.5. The second kappa shape index (κ2) is 18.3. The second-order valence-electron chi connectivity index (χ2n) is 15.5. The lowest BCUT2D eigenvalue weighted by Gasteiger charge is -2.34. The molecule has 314 valence electrons. The second-order valence-corrected chi connectivity index (χ2v) is 15.5. The number of alkyl carbamates (subject to hydrolysis) is 1. The Morgan fingerprint density at radius 2 is 1.28 bits per heavy atom. The molecule has 12 nitrogen and oxygen atoms in total. The van der Waals surface area contributed by atoms with Gasteiger partial charge in [0.2, 0.25) is 5.91 Å². The summed E-state index contributed by atoms with van der Waals surface area (Å²) in [5.41, 5.74) is 5.85. The number of rotatable bonds is 13. The van der Waals surface area contributed by atoms with Crippen LogP contribution in [0.5, 0.6) is 0 Å². The highest BCUT2D eigenvalue weighted by molar-refractivity contribution is 5.87. The van der Waals surface area contributed by atoms with Gasteiger partial charge in [-0.3, -0.25) is 14.5 Å². The molecule has 4 aromatic carbocycles. The summed E-state index contributed by atoms with van der Waals surface area (Å²) >= 11 is 0. The van der Waals surface area contributed by atoms with Crippen molar-refractivity contribution in [3.63, 3.8) is 0 Å². The van der Waals surface area contributed by atoms with Crippen LogP contribution in [-0.4, -0.2) is 85.8 Å². The Kier molecular flexibility index (Phi) is 12.4. The first kappa shape index (κ1) is 41.1. The SMILES string of the molecule is CCN(CC)[C@@H](C(=O)N1CCC[C@H]1c1ncc(-c2ccc(-c3ccc(-c4cnc([C@@H]5CCCN5C(=O)[C@H](NC(=O)OC)c5ccccc5)[nH]4)cc3)cc2F)[nH]1)c1ccccc1. The molecule has 0 bridgehead atoms. The maximum Gasteiger partial charge on any atom is 0.407 e. The Hall–Kier alpha value is -6.60. The molecule has 3 N–H and O–H groups in total. The lowest BCUT2D eigenvalue weighted by Crippen LogP contribution is -2.43. The maximum absolute atomic E-state index is 15.9. The van der Waals surface area contributed by atoms with Crippen LogP contribution in [0, 0.1) is 5.82 Å². The van der Waals surface area contributed by atoms with Crippen LogP contribution in [0.2, 0.25) is 0 Å². The molecule has 0 saturated carbocycles. The lowest BCUT2D eigenvalue weighted by molar-refractivity contribution is -0.138. The van der Waals surface area contributed by atoms with Gasteiger partial charge in [-0.15, -0.1) is 0 Å². The van der Waals surface area contributed by atoms with Crippen LogP contribution >= 0.6 is 0 Å². The monoisotopic (exact) mass is 822 g/mol. The van der Waals surface area contributed by atoms with Crippen molar-refractivity contribution in [2.75, 3.05) is 33.3 Å². The van der Waals surface area contributed by atoms with Crippen molar-refractivity contribution in [3.8, 4) is 33.6 Å². The molecule has 0 unspecified atom stereocenters. The summed E-state index contributed by atoms with van der Waals surface area (Å²) in [7, 11) is 1.27. The Morgan fingerprint density at radius 1 is 0.738 bits per heavy atom. The largest absolute Gasteiger partial charge is 0.453 e. The van der Waals surface area contributed by atoms with E-state index in [9.17, 15) is 14.4 Å². The highest BCUT2D eigenvalue weighted by atomic mass is 19.1. The number of nitrogens with one attached hydrogen (secondary N) is 3. The predicted octanol–water partition coefficient (Wildman–Crippen LogP) is 8.78. The smallest absolute Gasteiger partial charge is 0.407 e. The van der Waals surface area contributed by atoms with E-state index in [4.69, 9.17) is 4.74 Å². The van der Waals surface area contributed by atoms with E-state index in [0.29, 0.717) is 41.6 Å². The fraction of sp³-hybridized carbons (Fsp3) is 0.312. The normalized spacial score (nSPS) is 17.4. The average Bonchev–Trinajstić information content (AvgIpc) is 4.15. The topological polar surface area (TPSA) is 140 Å². The van der Waals surface area contributed by atoms with Gasteiger partial charge in [0, 0.05) is 18.7 Å². The number of carbonyl (C=O) groups excluding carboxylic acids is 3. The van der Waals surface area contributed by atoms with Crippen molar-refractivity contribution in [1.82, 2.24) is 40.0 Å². The van der Waals surface area contributed by atoms with Gasteiger partial charge in [-0.2, -0.15) is 0 Å². The number of aromatic amines is 2. The number of likely N-dealkylation sites (N-methyl/N-ethyl adjacent to an activating group) is 1. The number of imidazole rings is 2. The lowest BCUT2D eigenvalue weighted by atomic mass is 10.0. The zero-order valence-electron chi connectivity index (χ0n) is 34.7. The molecule has 2 aromatic heterocycles. The number of aromatic nitrogens is 4. The predicted molar refractivity (Wildman–Crippen MR) is 231 cm³/mol. The van der Waals surface area contributed by atoms with E-state index in [2.05, 4.69) is 44.0 Å². The van der Waals surface area contributed by atoms with Crippen LogP contribution in [-0.2, 0) is 14.3 Å². The van der Waals surface area contributed by atoms with Crippen molar-refractivity contribution in [1.29, 1.82) is 0 Å². The van der Waals surface area contributed by atoms with E-state index in [1.807, 2.05) is 83.8 Å². The number of nitrogens with zero attached hydrogens (tertiary/aromatic N) is 5. The number of hydrogen-bond acceptors (Lipinski definition) is 7. The van der Waals surface area contributed by atoms with Crippen LogP contribution in [0.1, 0.15) is 86.5 Å². The van der Waals surface area contributed by atoms with Crippen LogP contribution in [0.4, 0.5) is 9.18 Å². The molecule has 0 radical (unpaired) electrons. The number of halogens is 1. The van der Waals surface area contributed by atoms with Gasteiger partial charge in [0.05, 0.1) is 43.0 Å². The van der Waals surface area contributed by atoms with Crippen LogP contribution in [0.25, 0.3) is 33.6 Å². The summed E-state index contributed by atoms with van der Waals surface area (Å²) in [6.07, 6.45) is 5.89. The molecular formula is C48H51FN8O4. The minimum absolute atomic E-state index is 0.0564. The van der Waals surface area contributed by atoms with E-state index >= 15 is 4.39 Å². The average molecular weight is 823 g/mol. The molecule has 4 atom stereocenters. The molecule has 61 heavy (non-hydrogen) atoms. The Bertz CT molecular complexity index is 2450. The minimum atomic E-state index is -0.900. The quantitative estimate of drug-likeness (QED) is 0.106. The first-order valence-electron chi connectivity index (χ1n) is 21.1. The van der Waals surface area contributed by atoms with Crippen molar-refractivity contribution in [2.24, 2.45) is 0 Å². The third kappa shape index (κ3) is 8.56. The number of H-pyrrole nitrogens is 2. The third-order valence-electron chi connectivity index (χ3n) is 12.0. The van der Waals surface area contributed by atoms with Gasteiger partial charge in [0.1, 0.15) is 29.5 Å². The molecule has 2 aliphatic heterocycles. The summed E-state index contributed by atoms with van der Waals surface area (Å²) in [5, 5.41) is 2.70. The molecule has 13 heteroatoms. The Morgan fingerprint density at radius 3 is 1.87 bits per heavy atom. The fourth-order valence-corrected chi connectivity index (χ4v) is 8.85. The van der Waals surface area contributed by atoms with Crippen molar-refractivity contribution >= 4 is 17.9 Å². The van der Waals surface area contributed by atoms with Crippen LogP contribution < -0.4 is 5.32 Å². The molecule has 2 aliphatic rings. The number of methoxy groups -OCH3 is 1. The van der Waals surface area contributed by atoms with Crippen molar-refractivity contribution < 1.29 is 23.5 Å². The van der Waals surface area contributed by atoms with Crippen LogP contribution in [0.15, 0.2) is 116 Å². The van der Waals surface area contributed by atoms with E-state index in [1.54, 1.807) is 35.5 Å². The molecule has 0 aliphatic carbocycles. The summed E-state index contributed by atoms with van der Waals surface area (Å²) in [5.74, 6) is 0.765. The zero-order valence-corrected chi connectivity index (χ0v) is 34.7. The number of hydrogen-bond donors (Lipinski definition) is 3.